The van der Waals surface area contributed by atoms with Gasteiger partial charge < -0.3 is 5.32 Å². The Morgan fingerprint density at radius 2 is 1.95 bits per heavy atom. The average molecular weight is 307 g/mol. The molecular weight excluding hydrogens is 290 g/mol. The van der Waals surface area contributed by atoms with Gasteiger partial charge in [0.25, 0.3) is 5.91 Å². The highest BCUT2D eigenvalue weighted by Crippen LogP contribution is 2.16. The van der Waals surface area contributed by atoms with Crippen molar-refractivity contribution in [3.05, 3.63) is 42.1 Å². The summed E-state index contributed by atoms with van der Waals surface area (Å²) in [6.07, 6.45) is 1.66. The Balaban J connectivity index is 1.94. The first kappa shape index (κ1) is 15.2. The Kier molecular flexibility index (Phi) is 4.74. The fourth-order valence-electron chi connectivity index (χ4n) is 1.78. The third-order valence-corrected chi connectivity index (χ3v) is 4.80. The van der Waals surface area contributed by atoms with Crippen LogP contribution in [0.5, 0.6) is 0 Å². The predicted octanol–water partition coefficient (Wildman–Crippen LogP) is 1.24. The number of rotatable bonds is 6. The molecule has 112 valence electrons. The molecule has 1 aromatic carbocycles. The summed E-state index contributed by atoms with van der Waals surface area (Å²) in [5, 5.41) is 9.31. The number of carbonyl (C=O) groups is 1. The summed E-state index contributed by atoms with van der Waals surface area (Å²) in [4.78, 5) is 11.9. The number of amides is 1. The highest BCUT2D eigenvalue weighted by atomic mass is 32.2. The van der Waals surface area contributed by atoms with E-state index in [0.29, 0.717) is 5.56 Å². The summed E-state index contributed by atoms with van der Waals surface area (Å²) in [6, 6.07) is 8.85. The molecule has 1 amide bonds. The van der Waals surface area contributed by atoms with Crippen LogP contribution in [0.25, 0.3) is 11.3 Å². The molecule has 7 heteroatoms. The van der Waals surface area contributed by atoms with Crippen molar-refractivity contribution in [1.29, 1.82) is 0 Å². The topological polar surface area (TPSA) is 91.9 Å². The molecule has 0 aliphatic heterocycles. The van der Waals surface area contributed by atoms with E-state index in [0.717, 1.165) is 11.3 Å². The van der Waals surface area contributed by atoms with E-state index in [-0.39, 0.29) is 24.0 Å². The first-order valence-corrected chi connectivity index (χ1v) is 8.42. The molecule has 0 atom stereocenters. The lowest BCUT2D eigenvalue weighted by atomic mass is 10.1. The Hall–Kier alpha value is -2.15. The second-order valence-electron chi connectivity index (χ2n) is 4.54. The molecule has 0 unspecified atom stereocenters. The third-order valence-electron chi connectivity index (χ3n) is 3.10. The van der Waals surface area contributed by atoms with Crippen LogP contribution < -0.4 is 5.32 Å². The van der Waals surface area contributed by atoms with Crippen LogP contribution >= 0.6 is 0 Å². The summed E-state index contributed by atoms with van der Waals surface area (Å²) < 4.78 is 22.7. The molecule has 2 N–H and O–H groups in total. The number of hydrogen-bond donors (Lipinski definition) is 2. The van der Waals surface area contributed by atoms with Crippen molar-refractivity contribution < 1.29 is 13.2 Å². The lowest BCUT2D eigenvalue weighted by molar-refractivity contribution is 0.0956. The van der Waals surface area contributed by atoms with E-state index >= 15 is 0 Å². The molecule has 2 aromatic rings. The average Bonchev–Trinajstić information content (AvgIpc) is 3.01. The maximum atomic E-state index is 11.9. The SMILES string of the molecule is CCS(=O)(=O)CCNC(=O)c1ccc(-c2ccn[nH]2)cc1. The van der Waals surface area contributed by atoms with Crippen LogP contribution in [-0.2, 0) is 9.84 Å². The number of carbonyl (C=O) groups excluding carboxylic acids is 1. The minimum absolute atomic E-state index is 0.0402. The zero-order chi connectivity index (χ0) is 15.3. The number of H-pyrrole nitrogens is 1. The van der Waals surface area contributed by atoms with Gasteiger partial charge in [0.2, 0.25) is 0 Å². The van der Waals surface area contributed by atoms with Gasteiger partial charge in [-0.2, -0.15) is 5.10 Å². The lowest BCUT2D eigenvalue weighted by Gasteiger charge is -2.06. The molecule has 0 saturated heterocycles. The molecule has 0 fully saturated rings. The van der Waals surface area contributed by atoms with E-state index in [4.69, 9.17) is 0 Å². The van der Waals surface area contributed by atoms with Crippen LogP contribution in [0.2, 0.25) is 0 Å². The normalized spacial score (nSPS) is 11.3. The molecule has 0 saturated carbocycles. The van der Waals surface area contributed by atoms with Gasteiger partial charge >= 0.3 is 0 Å². The Morgan fingerprint density at radius 3 is 2.52 bits per heavy atom. The zero-order valence-electron chi connectivity index (χ0n) is 11.7. The van der Waals surface area contributed by atoms with Gasteiger partial charge in [-0.1, -0.05) is 19.1 Å². The van der Waals surface area contributed by atoms with Gasteiger partial charge in [-0.25, -0.2) is 8.42 Å². The Morgan fingerprint density at radius 1 is 1.24 bits per heavy atom. The lowest BCUT2D eigenvalue weighted by Crippen LogP contribution is -2.29. The fourth-order valence-corrected chi connectivity index (χ4v) is 2.49. The number of nitrogens with one attached hydrogen (secondary N) is 2. The number of hydrogen-bond acceptors (Lipinski definition) is 4. The van der Waals surface area contributed by atoms with E-state index in [1.807, 2.05) is 18.2 Å². The molecule has 1 heterocycles. The number of nitrogens with zero attached hydrogens (tertiary/aromatic N) is 1. The van der Waals surface area contributed by atoms with Crippen molar-refractivity contribution in [2.24, 2.45) is 0 Å². The minimum Gasteiger partial charge on any atom is -0.351 e. The second kappa shape index (κ2) is 6.53. The standard InChI is InChI=1S/C14H17N3O3S/c1-2-21(19,20)10-9-15-14(18)12-5-3-11(4-6-12)13-7-8-16-17-13/h3-8H,2,9-10H2,1H3,(H,15,18)(H,16,17). The molecule has 2 rings (SSSR count). The number of benzene rings is 1. The van der Waals surface area contributed by atoms with Crippen LogP contribution in [0.15, 0.2) is 36.5 Å². The van der Waals surface area contributed by atoms with Gasteiger partial charge in [0.1, 0.15) is 0 Å². The van der Waals surface area contributed by atoms with E-state index in [1.165, 1.54) is 0 Å². The molecule has 21 heavy (non-hydrogen) atoms. The monoisotopic (exact) mass is 307 g/mol. The first-order chi connectivity index (χ1) is 10.0. The Bertz CT molecular complexity index is 692. The molecule has 0 bridgehead atoms. The highest BCUT2D eigenvalue weighted by molar-refractivity contribution is 7.91. The number of aromatic nitrogens is 2. The quantitative estimate of drug-likeness (QED) is 0.840. The van der Waals surface area contributed by atoms with Gasteiger partial charge in [0.15, 0.2) is 9.84 Å². The van der Waals surface area contributed by atoms with Crippen LogP contribution in [0, 0.1) is 0 Å². The van der Waals surface area contributed by atoms with E-state index in [2.05, 4.69) is 15.5 Å². The fraction of sp³-hybridized carbons (Fsp3) is 0.286. The maximum Gasteiger partial charge on any atom is 0.251 e. The van der Waals surface area contributed by atoms with Gasteiger partial charge in [-0.05, 0) is 23.8 Å². The van der Waals surface area contributed by atoms with Gasteiger partial charge in [-0.15, -0.1) is 0 Å². The van der Waals surface area contributed by atoms with Crippen LogP contribution in [0.3, 0.4) is 0 Å². The van der Waals surface area contributed by atoms with Crippen LogP contribution in [-0.4, -0.2) is 42.6 Å². The van der Waals surface area contributed by atoms with Gasteiger partial charge in [-0.3, -0.25) is 9.89 Å². The van der Waals surface area contributed by atoms with E-state index < -0.39 is 9.84 Å². The zero-order valence-corrected chi connectivity index (χ0v) is 12.5. The Labute approximate surface area is 123 Å². The van der Waals surface area contributed by atoms with E-state index in [9.17, 15) is 13.2 Å². The van der Waals surface area contributed by atoms with E-state index in [1.54, 1.807) is 25.3 Å². The van der Waals surface area contributed by atoms with Gasteiger partial charge in [0, 0.05) is 24.1 Å². The van der Waals surface area contributed by atoms with Crippen molar-refractivity contribution in [2.45, 2.75) is 6.92 Å². The molecule has 6 nitrogen and oxygen atoms in total. The smallest absolute Gasteiger partial charge is 0.251 e. The van der Waals surface area contributed by atoms with Crippen LogP contribution in [0.4, 0.5) is 0 Å². The predicted molar refractivity (Wildman–Crippen MR) is 80.7 cm³/mol. The van der Waals surface area contributed by atoms with Crippen molar-refractivity contribution >= 4 is 15.7 Å². The first-order valence-electron chi connectivity index (χ1n) is 6.60. The van der Waals surface area contributed by atoms with Crippen molar-refractivity contribution in [2.75, 3.05) is 18.1 Å². The molecule has 0 aliphatic rings. The summed E-state index contributed by atoms with van der Waals surface area (Å²) in [6.45, 7) is 1.71. The molecule has 0 aliphatic carbocycles. The third kappa shape index (κ3) is 4.16. The minimum atomic E-state index is -3.06. The van der Waals surface area contributed by atoms with Crippen molar-refractivity contribution in [3.8, 4) is 11.3 Å². The summed E-state index contributed by atoms with van der Waals surface area (Å²) in [5.74, 6) is -0.235. The highest BCUT2D eigenvalue weighted by Gasteiger charge is 2.10. The second-order valence-corrected chi connectivity index (χ2v) is 7.01. The largest absolute Gasteiger partial charge is 0.351 e. The molecule has 0 radical (unpaired) electrons. The van der Waals surface area contributed by atoms with Crippen molar-refractivity contribution in [1.82, 2.24) is 15.5 Å². The summed E-state index contributed by atoms with van der Waals surface area (Å²) in [7, 11) is -3.06. The molecule has 0 spiro atoms. The molecule has 1 aromatic heterocycles. The number of aromatic amines is 1. The number of sulfone groups is 1. The van der Waals surface area contributed by atoms with Gasteiger partial charge in [0.05, 0.1) is 11.4 Å². The summed E-state index contributed by atoms with van der Waals surface area (Å²) in [5.41, 5.74) is 2.29. The summed E-state index contributed by atoms with van der Waals surface area (Å²) >= 11 is 0. The molecular formula is C14H17N3O3S. The van der Waals surface area contributed by atoms with Crippen molar-refractivity contribution in [3.63, 3.8) is 0 Å². The maximum absolute atomic E-state index is 11.9. The van der Waals surface area contributed by atoms with Crippen LogP contribution in [0.1, 0.15) is 17.3 Å².